The van der Waals surface area contributed by atoms with E-state index < -0.39 is 0 Å². The summed E-state index contributed by atoms with van der Waals surface area (Å²) in [6.45, 7) is 10.8. The summed E-state index contributed by atoms with van der Waals surface area (Å²) in [4.78, 5) is 2.48. The molecule has 1 fully saturated rings. The molecule has 0 spiro atoms. The van der Waals surface area contributed by atoms with Crippen LogP contribution in [0.25, 0.3) is 0 Å². The van der Waals surface area contributed by atoms with E-state index in [0.29, 0.717) is 11.9 Å². The number of hydrogen-bond donors (Lipinski definition) is 0. The highest BCUT2D eigenvalue weighted by Crippen LogP contribution is 2.23. The van der Waals surface area contributed by atoms with Crippen molar-refractivity contribution in [2.75, 3.05) is 19.0 Å². The summed E-state index contributed by atoms with van der Waals surface area (Å²) in [5.74, 6) is 0.594. The van der Waals surface area contributed by atoms with Crippen molar-refractivity contribution in [3.8, 4) is 0 Å². The third kappa shape index (κ3) is 3.11. The molecular formula is C11H22ClNO. The van der Waals surface area contributed by atoms with Crippen molar-refractivity contribution in [1.29, 1.82) is 0 Å². The molecule has 0 aromatic heterocycles. The largest absolute Gasteiger partial charge is 0.368 e. The Kier molecular flexibility index (Phi) is 4.23. The van der Waals surface area contributed by atoms with Crippen LogP contribution in [-0.2, 0) is 4.74 Å². The maximum absolute atomic E-state index is 5.87. The molecule has 0 aromatic carbocycles. The van der Waals surface area contributed by atoms with Gasteiger partial charge in [-0.25, -0.2) is 0 Å². The lowest BCUT2D eigenvalue weighted by molar-refractivity contribution is -0.135. The zero-order valence-corrected chi connectivity index (χ0v) is 10.5. The van der Waals surface area contributed by atoms with Gasteiger partial charge in [0.25, 0.3) is 0 Å². The number of hydrogen-bond acceptors (Lipinski definition) is 2. The van der Waals surface area contributed by atoms with Crippen molar-refractivity contribution in [1.82, 2.24) is 4.90 Å². The summed E-state index contributed by atoms with van der Waals surface area (Å²) in [5, 5.41) is 0. The van der Waals surface area contributed by atoms with Crippen LogP contribution in [0.4, 0.5) is 0 Å². The van der Waals surface area contributed by atoms with Crippen LogP contribution < -0.4 is 0 Å². The Hall–Kier alpha value is 0.210. The van der Waals surface area contributed by atoms with Crippen LogP contribution in [0.15, 0.2) is 0 Å². The molecule has 14 heavy (non-hydrogen) atoms. The van der Waals surface area contributed by atoms with E-state index in [4.69, 9.17) is 16.3 Å². The van der Waals surface area contributed by atoms with Crippen molar-refractivity contribution in [3.05, 3.63) is 0 Å². The summed E-state index contributed by atoms with van der Waals surface area (Å²) >= 11 is 5.87. The van der Waals surface area contributed by atoms with Gasteiger partial charge in [-0.1, -0.05) is 6.92 Å². The second-order valence-corrected chi connectivity index (χ2v) is 5.15. The van der Waals surface area contributed by atoms with Gasteiger partial charge in [-0.15, -0.1) is 11.6 Å². The van der Waals surface area contributed by atoms with Crippen molar-refractivity contribution in [2.24, 2.45) is 0 Å². The van der Waals surface area contributed by atoms with Gasteiger partial charge in [0, 0.05) is 25.0 Å². The number of rotatable bonds is 3. The highest BCUT2D eigenvalue weighted by Gasteiger charge is 2.34. The van der Waals surface area contributed by atoms with Crippen LogP contribution in [0.2, 0.25) is 0 Å². The van der Waals surface area contributed by atoms with Crippen molar-refractivity contribution < 1.29 is 4.74 Å². The number of alkyl halides is 1. The molecule has 0 saturated carbocycles. The first-order chi connectivity index (χ1) is 6.48. The molecule has 0 aromatic rings. The Morgan fingerprint density at radius 1 is 1.57 bits per heavy atom. The van der Waals surface area contributed by atoms with Gasteiger partial charge >= 0.3 is 0 Å². The molecule has 1 aliphatic heterocycles. The van der Waals surface area contributed by atoms with Gasteiger partial charge in [-0.05, 0) is 27.2 Å². The van der Waals surface area contributed by atoms with E-state index in [1.165, 1.54) is 6.42 Å². The lowest BCUT2D eigenvalue weighted by atomic mass is 10.0. The number of ether oxygens (including phenoxy) is 1. The Bertz CT molecular complexity index is 184. The summed E-state index contributed by atoms with van der Waals surface area (Å²) in [5.41, 5.74) is -0.0543. The highest BCUT2D eigenvalue weighted by molar-refractivity contribution is 6.18. The lowest BCUT2D eigenvalue weighted by Gasteiger charge is -2.44. The summed E-state index contributed by atoms with van der Waals surface area (Å²) < 4.78 is 5.87. The smallest absolute Gasteiger partial charge is 0.0845 e. The highest BCUT2D eigenvalue weighted by atomic mass is 35.5. The average molecular weight is 220 g/mol. The molecule has 1 heterocycles. The third-order valence-electron chi connectivity index (χ3n) is 2.89. The zero-order valence-electron chi connectivity index (χ0n) is 9.72. The van der Waals surface area contributed by atoms with Crippen molar-refractivity contribution in [2.45, 2.75) is 51.9 Å². The second kappa shape index (κ2) is 4.82. The van der Waals surface area contributed by atoms with Crippen LogP contribution >= 0.6 is 11.6 Å². The monoisotopic (exact) mass is 219 g/mol. The topological polar surface area (TPSA) is 12.5 Å². The molecular weight excluding hydrogens is 198 g/mol. The third-order valence-corrected chi connectivity index (χ3v) is 3.24. The Balaban J connectivity index is 2.60. The number of nitrogens with zero attached hydrogens (tertiary/aromatic N) is 1. The quantitative estimate of drug-likeness (QED) is 0.677. The Morgan fingerprint density at radius 2 is 2.21 bits per heavy atom. The fraction of sp³-hybridized carbons (Fsp3) is 1.00. The molecule has 0 amide bonds. The van der Waals surface area contributed by atoms with E-state index in [-0.39, 0.29) is 11.7 Å². The fourth-order valence-corrected chi connectivity index (χ4v) is 2.18. The first kappa shape index (κ1) is 12.3. The van der Waals surface area contributed by atoms with E-state index in [9.17, 15) is 0 Å². The molecule has 1 rings (SSSR count). The van der Waals surface area contributed by atoms with Crippen LogP contribution in [0.1, 0.15) is 34.1 Å². The maximum atomic E-state index is 5.87. The normalized spacial score (nSPS) is 30.2. The van der Waals surface area contributed by atoms with Crippen molar-refractivity contribution in [3.63, 3.8) is 0 Å². The molecule has 84 valence electrons. The van der Waals surface area contributed by atoms with Gasteiger partial charge in [-0.2, -0.15) is 0 Å². The summed E-state index contributed by atoms with van der Waals surface area (Å²) in [6, 6.07) is 0.629. The standard InChI is InChI=1S/C11H22ClNO/c1-5-9(2)13-7-10(6-12)14-11(3,4)8-13/h9-10H,5-8H2,1-4H3. The molecule has 2 unspecified atom stereocenters. The van der Waals surface area contributed by atoms with Crippen molar-refractivity contribution >= 4 is 11.6 Å². The van der Waals surface area contributed by atoms with Gasteiger partial charge in [0.2, 0.25) is 0 Å². The molecule has 0 N–H and O–H groups in total. The Labute approximate surface area is 92.6 Å². The Morgan fingerprint density at radius 3 is 2.71 bits per heavy atom. The van der Waals surface area contributed by atoms with Gasteiger partial charge < -0.3 is 4.74 Å². The molecule has 1 saturated heterocycles. The van der Waals surface area contributed by atoms with Crippen LogP contribution in [-0.4, -0.2) is 41.6 Å². The molecule has 0 radical (unpaired) electrons. The van der Waals surface area contributed by atoms with E-state index in [1.807, 2.05) is 0 Å². The molecule has 3 heteroatoms. The number of morpholine rings is 1. The van der Waals surface area contributed by atoms with Crippen LogP contribution in [0.3, 0.4) is 0 Å². The van der Waals surface area contributed by atoms with E-state index >= 15 is 0 Å². The van der Waals surface area contributed by atoms with Gasteiger partial charge in [0.15, 0.2) is 0 Å². The van der Waals surface area contributed by atoms with E-state index in [1.54, 1.807) is 0 Å². The molecule has 0 aliphatic carbocycles. The summed E-state index contributed by atoms with van der Waals surface area (Å²) in [6.07, 6.45) is 1.37. The van der Waals surface area contributed by atoms with Gasteiger partial charge in [0.05, 0.1) is 11.7 Å². The lowest BCUT2D eigenvalue weighted by Crippen LogP contribution is -2.55. The predicted octanol–water partition coefficient (Wildman–Crippen LogP) is 2.50. The predicted molar refractivity (Wildman–Crippen MR) is 61.0 cm³/mol. The van der Waals surface area contributed by atoms with Gasteiger partial charge in [0.1, 0.15) is 0 Å². The SMILES string of the molecule is CCC(C)N1CC(CCl)OC(C)(C)C1. The molecule has 0 bridgehead atoms. The zero-order chi connectivity index (χ0) is 10.8. The van der Waals surface area contributed by atoms with Gasteiger partial charge in [-0.3, -0.25) is 4.90 Å². The fourth-order valence-electron chi connectivity index (χ4n) is 2.02. The first-order valence-electron chi connectivity index (χ1n) is 5.46. The minimum Gasteiger partial charge on any atom is -0.368 e. The summed E-state index contributed by atoms with van der Waals surface area (Å²) in [7, 11) is 0. The van der Waals surface area contributed by atoms with E-state index in [2.05, 4.69) is 32.6 Å². The molecule has 2 nitrogen and oxygen atoms in total. The maximum Gasteiger partial charge on any atom is 0.0845 e. The molecule has 1 aliphatic rings. The minimum absolute atomic E-state index is 0.0543. The second-order valence-electron chi connectivity index (χ2n) is 4.84. The minimum atomic E-state index is -0.0543. The number of halogens is 1. The van der Waals surface area contributed by atoms with Crippen LogP contribution in [0.5, 0.6) is 0 Å². The van der Waals surface area contributed by atoms with Crippen LogP contribution in [0, 0.1) is 0 Å². The molecule has 2 atom stereocenters. The van der Waals surface area contributed by atoms with E-state index in [0.717, 1.165) is 13.1 Å². The average Bonchev–Trinajstić information content (AvgIpc) is 2.14. The first-order valence-corrected chi connectivity index (χ1v) is 6.00.